The molecule has 1 fully saturated rings. The molecule has 1 amide bonds. The smallest absolute Gasteiger partial charge is 0.259 e. The van der Waals surface area contributed by atoms with Crippen molar-refractivity contribution in [1.82, 2.24) is 14.8 Å². The number of aromatic nitrogens is 3. The van der Waals surface area contributed by atoms with Gasteiger partial charge in [-0.3, -0.25) is 4.79 Å². The summed E-state index contributed by atoms with van der Waals surface area (Å²) >= 11 is 1.99. The number of nitrogens with zero attached hydrogens (tertiary/aromatic N) is 4. The third-order valence-corrected chi connectivity index (χ3v) is 5.56. The van der Waals surface area contributed by atoms with Crippen LogP contribution < -0.4 is 10.2 Å². The molecule has 1 aliphatic heterocycles. The van der Waals surface area contributed by atoms with E-state index in [0.717, 1.165) is 36.0 Å². The minimum absolute atomic E-state index is 0.170. The maximum Gasteiger partial charge on any atom is 0.259 e. The molecule has 3 aromatic rings. The van der Waals surface area contributed by atoms with Gasteiger partial charge in [-0.15, -0.1) is 0 Å². The van der Waals surface area contributed by atoms with Gasteiger partial charge in [0.25, 0.3) is 5.91 Å². The van der Waals surface area contributed by atoms with Crippen LogP contribution in [0.3, 0.4) is 0 Å². The molecule has 0 radical (unpaired) electrons. The zero-order valence-electron chi connectivity index (χ0n) is 15.1. The van der Waals surface area contributed by atoms with Gasteiger partial charge in [-0.25, -0.2) is 9.67 Å². The van der Waals surface area contributed by atoms with E-state index in [1.165, 1.54) is 5.69 Å². The van der Waals surface area contributed by atoms with Crippen LogP contribution in [-0.4, -0.2) is 45.3 Å². The molecule has 2 aromatic heterocycles. The summed E-state index contributed by atoms with van der Waals surface area (Å²) in [6, 6.07) is 13.6. The quantitative estimate of drug-likeness (QED) is 0.753. The van der Waals surface area contributed by atoms with Gasteiger partial charge >= 0.3 is 0 Å². The van der Waals surface area contributed by atoms with E-state index in [4.69, 9.17) is 0 Å². The summed E-state index contributed by atoms with van der Waals surface area (Å²) in [5, 5.41) is 7.27. The van der Waals surface area contributed by atoms with Crippen molar-refractivity contribution in [3.8, 4) is 5.82 Å². The molecule has 1 saturated heterocycles. The Morgan fingerprint density at radius 3 is 2.59 bits per heavy atom. The summed E-state index contributed by atoms with van der Waals surface area (Å²) in [7, 11) is 0. The van der Waals surface area contributed by atoms with Gasteiger partial charge in [0.15, 0.2) is 5.82 Å². The number of hydrogen-bond acceptors (Lipinski definition) is 5. The molecule has 4 rings (SSSR count). The topological polar surface area (TPSA) is 63.1 Å². The van der Waals surface area contributed by atoms with Gasteiger partial charge in [0.05, 0.1) is 17.5 Å². The largest absolute Gasteiger partial charge is 0.370 e. The van der Waals surface area contributed by atoms with Gasteiger partial charge in [-0.1, -0.05) is 6.07 Å². The third-order valence-electron chi connectivity index (χ3n) is 4.62. The molecule has 0 spiro atoms. The van der Waals surface area contributed by atoms with Crippen molar-refractivity contribution < 1.29 is 4.79 Å². The lowest BCUT2D eigenvalue weighted by Gasteiger charge is -2.28. The zero-order valence-corrected chi connectivity index (χ0v) is 15.9. The first-order valence-electron chi connectivity index (χ1n) is 8.92. The molecule has 0 saturated carbocycles. The Morgan fingerprint density at radius 1 is 1.11 bits per heavy atom. The van der Waals surface area contributed by atoms with Crippen LogP contribution in [0.15, 0.2) is 54.9 Å². The zero-order chi connectivity index (χ0) is 18.6. The SMILES string of the molecule is Cc1c(C(=O)Nc2ccc(N3CCSCC3)cc2)cnn1-c1ccccn1. The molecular weight excluding hydrogens is 358 g/mol. The van der Waals surface area contributed by atoms with Crippen LogP contribution in [0, 0.1) is 6.92 Å². The van der Waals surface area contributed by atoms with Crippen LogP contribution in [0.1, 0.15) is 16.1 Å². The molecule has 138 valence electrons. The molecule has 0 bridgehead atoms. The average molecular weight is 379 g/mol. The first-order valence-corrected chi connectivity index (χ1v) is 10.1. The second-order valence-electron chi connectivity index (χ2n) is 6.34. The number of anilines is 2. The predicted octanol–water partition coefficient (Wildman–Crippen LogP) is 3.38. The number of carbonyl (C=O) groups is 1. The lowest BCUT2D eigenvalue weighted by atomic mass is 10.2. The average Bonchev–Trinajstić information content (AvgIpc) is 3.11. The highest BCUT2D eigenvalue weighted by Crippen LogP contribution is 2.22. The highest BCUT2D eigenvalue weighted by Gasteiger charge is 2.16. The number of benzene rings is 1. The van der Waals surface area contributed by atoms with Gasteiger partial charge in [-0.2, -0.15) is 16.9 Å². The second-order valence-corrected chi connectivity index (χ2v) is 7.57. The minimum Gasteiger partial charge on any atom is -0.370 e. The molecule has 7 heteroatoms. The van der Waals surface area contributed by atoms with Crippen molar-refractivity contribution in [2.45, 2.75) is 6.92 Å². The summed E-state index contributed by atoms with van der Waals surface area (Å²) in [6.07, 6.45) is 3.29. The number of amides is 1. The normalized spacial score (nSPS) is 14.2. The molecule has 1 aliphatic rings. The van der Waals surface area contributed by atoms with Gasteiger partial charge in [0, 0.05) is 42.2 Å². The van der Waals surface area contributed by atoms with Crippen molar-refractivity contribution in [3.63, 3.8) is 0 Å². The van der Waals surface area contributed by atoms with Crippen LogP contribution in [-0.2, 0) is 0 Å². The minimum atomic E-state index is -0.170. The Kier molecular flexibility index (Phi) is 5.11. The van der Waals surface area contributed by atoms with E-state index < -0.39 is 0 Å². The number of hydrogen-bond donors (Lipinski definition) is 1. The standard InChI is InChI=1S/C20H21N5OS/c1-15-18(14-22-25(15)19-4-2-3-9-21-19)20(26)23-16-5-7-17(8-6-16)24-10-12-27-13-11-24/h2-9,14H,10-13H2,1H3,(H,23,26). The summed E-state index contributed by atoms with van der Waals surface area (Å²) in [5.41, 5.74) is 3.28. The highest BCUT2D eigenvalue weighted by molar-refractivity contribution is 7.99. The number of nitrogens with one attached hydrogen (secondary N) is 1. The summed E-state index contributed by atoms with van der Waals surface area (Å²) < 4.78 is 1.67. The lowest BCUT2D eigenvalue weighted by Crippen LogP contribution is -2.32. The molecular formula is C20H21N5OS. The van der Waals surface area contributed by atoms with Crippen molar-refractivity contribution in [2.24, 2.45) is 0 Å². The van der Waals surface area contributed by atoms with Crippen molar-refractivity contribution in [3.05, 3.63) is 66.1 Å². The molecule has 3 heterocycles. The number of rotatable bonds is 4. The number of thioether (sulfide) groups is 1. The molecule has 1 N–H and O–H groups in total. The Hall–Kier alpha value is -2.80. The molecule has 1 aromatic carbocycles. The Morgan fingerprint density at radius 2 is 1.89 bits per heavy atom. The molecule has 27 heavy (non-hydrogen) atoms. The van der Waals surface area contributed by atoms with Gasteiger partial charge < -0.3 is 10.2 Å². The third kappa shape index (κ3) is 3.83. The molecule has 6 nitrogen and oxygen atoms in total. The van der Waals surface area contributed by atoms with E-state index in [9.17, 15) is 4.79 Å². The van der Waals surface area contributed by atoms with Crippen LogP contribution in [0.4, 0.5) is 11.4 Å². The first-order chi connectivity index (χ1) is 13.2. The summed E-state index contributed by atoms with van der Waals surface area (Å²) in [4.78, 5) is 19.3. The Balaban J connectivity index is 1.47. The van der Waals surface area contributed by atoms with Crippen molar-refractivity contribution in [2.75, 3.05) is 34.8 Å². The van der Waals surface area contributed by atoms with E-state index >= 15 is 0 Å². The van der Waals surface area contributed by atoms with E-state index in [1.807, 2.05) is 49.0 Å². The maximum atomic E-state index is 12.7. The monoisotopic (exact) mass is 379 g/mol. The Labute approximate surface area is 162 Å². The fourth-order valence-corrected chi connectivity index (χ4v) is 4.02. The second kappa shape index (κ2) is 7.84. The summed E-state index contributed by atoms with van der Waals surface area (Å²) in [6.45, 7) is 4.01. The van der Waals surface area contributed by atoms with Crippen molar-refractivity contribution in [1.29, 1.82) is 0 Å². The Bertz CT molecular complexity index is 917. The molecule has 0 aliphatic carbocycles. The van der Waals surface area contributed by atoms with Gasteiger partial charge in [0.1, 0.15) is 0 Å². The fourth-order valence-electron chi connectivity index (χ4n) is 3.12. The van der Waals surface area contributed by atoms with E-state index in [2.05, 4.69) is 32.4 Å². The van der Waals surface area contributed by atoms with E-state index in [0.29, 0.717) is 11.4 Å². The first kappa shape index (κ1) is 17.6. The van der Waals surface area contributed by atoms with Crippen molar-refractivity contribution >= 4 is 29.0 Å². The fraction of sp³-hybridized carbons (Fsp3) is 0.250. The van der Waals surface area contributed by atoms with Crippen LogP contribution in [0.5, 0.6) is 0 Å². The molecule has 0 unspecified atom stereocenters. The van der Waals surface area contributed by atoms with Gasteiger partial charge in [-0.05, 0) is 43.3 Å². The summed E-state index contributed by atoms with van der Waals surface area (Å²) in [5.74, 6) is 2.85. The number of pyridine rings is 1. The van der Waals surface area contributed by atoms with Crippen LogP contribution in [0.2, 0.25) is 0 Å². The number of carbonyl (C=O) groups excluding carboxylic acids is 1. The predicted molar refractivity (Wildman–Crippen MR) is 110 cm³/mol. The van der Waals surface area contributed by atoms with Crippen LogP contribution in [0.25, 0.3) is 5.82 Å². The van der Waals surface area contributed by atoms with Gasteiger partial charge in [0.2, 0.25) is 0 Å². The lowest BCUT2D eigenvalue weighted by molar-refractivity contribution is 0.102. The molecule has 0 atom stereocenters. The van der Waals surface area contributed by atoms with Crippen LogP contribution >= 0.6 is 11.8 Å². The maximum absolute atomic E-state index is 12.7. The van der Waals surface area contributed by atoms with E-state index in [-0.39, 0.29) is 5.91 Å². The van der Waals surface area contributed by atoms with E-state index in [1.54, 1.807) is 17.1 Å². The highest BCUT2D eigenvalue weighted by atomic mass is 32.2.